The van der Waals surface area contributed by atoms with Crippen molar-refractivity contribution in [2.24, 2.45) is 5.92 Å². The van der Waals surface area contributed by atoms with Crippen molar-refractivity contribution >= 4 is 5.97 Å². The van der Waals surface area contributed by atoms with E-state index in [9.17, 15) is 9.18 Å². The molecule has 0 aliphatic rings. The van der Waals surface area contributed by atoms with E-state index in [0.29, 0.717) is 5.56 Å². The molecule has 1 aromatic carbocycles. The zero-order chi connectivity index (χ0) is 12.1. The number of carboxylic acid groups (broad SMARTS) is 1. The number of hydrogen-bond donors (Lipinski definition) is 2. The molecule has 0 aromatic heterocycles. The summed E-state index contributed by atoms with van der Waals surface area (Å²) in [6.45, 7) is 3.85. The Bertz CT molecular complexity index is 366. The Morgan fingerprint density at radius 3 is 2.56 bits per heavy atom. The second-order valence-electron chi connectivity index (χ2n) is 4.03. The molecule has 0 bridgehead atoms. The van der Waals surface area contributed by atoms with Crippen LogP contribution >= 0.6 is 0 Å². The van der Waals surface area contributed by atoms with Crippen molar-refractivity contribution in [3.05, 3.63) is 35.6 Å². The lowest BCUT2D eigenvalue weighted by Gasteiger charge is -2.18. The Labute approximate surface area is 94.3 Å². The molecule has 1 aromatic rings. The van der Waals surface area contributed by atoms with Crippen LogP contribution in [0, 0.1) is 11.7 Å². The van der Waals surface area contributed by atoms with E-state index in [-0.39, 0.29) is 18.3 Å². The van der Waals surface area contributed by atoms with Crippen molar-refractivity contribution in [3.8, 4) is 0 Å². The van der Waals surface area contributed by atoms with Gasteiger partial charge in [-0.3, -0.25) is 10.1 Å². The molecule has 1 rings (SSSR count). The average Bonchev–Trinajstić information content (AvgIpc) is 2.20. The summed E-state index contributed by atoms with van der Waals surface area (Å²) in [4.78, 5) is 10.9. The maximum absolute atomic E-state index is 13.3. The number of nitrogens with one attached hydrogen (secondary N) is 1. The van der Waals surface area contributed by atoms with Crippen molar-refractivity contribution in [2.45, 2.75) is 26.4 Å². The topological polar surface area (TPSA) is 49.3 Å². The van der Waals surface area contributed by atoms with Gasteiger partial charge in [0.2, 0.25) is 0 Å². The van der Waals surface area contributed by atoms with Crippen LogP contribution in [0.5, 0.6) is 0 Å². The molecule has 0 aliphatic carbocycles. The van der Waals surface area contributed by atoms with Crippen molar-refractivity contribution in [2.75, 3.05) is 0 Å². The van der Waals surface area contributed by atoms with E-state index in [0.717, 1.165) is 0 Å². The molecule has 16 heavy (non-hydrogen) atoms. The summed E-state index contributed by atoms with van der Waals surface area (Å²) in [7, 11) is 0. The van der Waals surface area contributed by atoms with Crippen molar-refractivity contribution in [1.29, 1.82) is 0 Å². The van der Waals surface area contributed by atoms with Crippen molar-refractivity contribution in [3.63, 3.8) is 0 Å². The van der Waals surface area contributed by atoms with Gasteiger partial charge in [-0.25, -0.2) is 4.39 Å². The molecular formula is C12H16FNO2. The predicted molar refractivity (Wildman–Crippen MR) is 59.5 cm³/mol. The fourth-order valence-electron chi connectivity index (χ4n) is 1.47. The summed E-state index contributed by atoms with van der Waals surface area (Å²) in [6, 6.07) is 5.69. The maximum atomic E-state index is 13.3. The van der Waals surface area contributed by atoms with Crippen LogP contribution in [0.4, 0.5) is 4.39 Å². The molecule has 0 heterocycles. The van der Waals surface area contributed by atoms with E-state index >= 15 is 0 Å². The first-order valence-electron chi connectivity index (χ1n) is 5.22. The van der Waals surface area contributed by atoms with Gasteiger partial charge in [-0.2, -0.15) is 0 Å². The zero-order valence-electron chi connectivity index (χ0n) is 9.40. The minimum atomic E-state index is -0.911. The predicted octanol–water partition coefficient (Wildman–Crippen LogP) is 2.02. The van der Waals surface area contributed by atoms with Crippen LogP contribution in [-0.2, 0) is 11.3 Å². The molecule has 2 N–H and O–H groups in total. The van der Waals surface area contributed by atoms with E-state index < -0.39 is 12.0 Å². The fourth-order valence-corrected chi connectivity index (χ4v) is 1.47. The molecular weight excluding hydrogens is 209 g/mol. The van der Waals surface area contributed by atoms with Gasteiger partial charge < -0.3 is 5.11 Å². The highest BCUT2D eigenvalue weighted by molar-refractivity contribution is 5.73. The van der Waals surface area contributed by atoms with Crippen LogP contribution in [0.15, 0.2) is 24.3 Å². The molecule has 0 unspecified atom stereocenters. The number of halogens is 1. The normalized spacial score (nSPS) is 12.8. The van der Waals surface area contributed by atoms with Crippen LogP contribution in [-0.4, -0.2) is 17.1 Å². The number of carbonyl (C=O) groups is 1. The standard InChI is InChI=1S/C12H16FNO2/c1-8(2)11(12(15)16)14-7-9-5-3-4-6-10(9)13/h3-6,8,11,14H,7H2,1-2H3,(H,15,16)/t11-/m1/s1. The van der Waals surface area contributed by atoms with E-state index in [1.807, 2.05) is 13.8 Å². The Morgan fingerprint density at radius 2 is 2.06 bits per heavy atom. The van der Waals surface area contributed by atoms with Gasteiger partial charge in [-0.05, 0) is 12.0 Å². The first kappa shape index (κ1) is 12.6. The summed E-state index contributed by atoms with van der Waals surface area (Å²) in [5, 5.41) is 11.8. The molecule has 0 spiro atoms. The quantitative estimate of drug-likeness (QED) is 0.806. The Hall–Kier alpha value is -1.42. The van der Waals surface area contributed by atoms with Gasteiger partial charge in [0.1, 0.15) is 11.9 Å². The highest BCUT2D eigenvalue weighted by Gasteiger charge is 2.20. The van der Waals surface area contributed by atoms with E-state index in [1.165, 1.54) is 6.07 Å². The van der Waals surface area contributed by atoms with Gasteiger partial charge in [0.25, 0.3) is 0 Å². The third-order valence-electron chi connectivity index (χ3n) is 2.40. The minimum absolute atomic E-state index is 0.0377. The van der Waals surface area contributed by atoms with Crippen LogP contribution in [0.2, 0.25) is 0 Å². The Balaban J connectivity index is 2.63. The second kappa shape index (κ2) is 5.61. The second-order valence-corrected chi connectivity index (χ2v) is 4.03. The van der Waals surface area contributed by atoms with E-state index in [4.69, 9.17) is 5.11 Å². The van der Waals surface area contributed by atoms with E-state index in [2.05, 4.69) is 5.32 Å². The summed E-state index contributed by atoms with van der Waals surface area (Å²) < 4.78 is 13.3. The first-order valence-corrected chi connectivity index (χ1v) is 5.22. The van der Waals surface area contributed by atoms with Crippen molar-refractivity contribution < 1.29 is 14.3 Å². The smallest absolute Gasteiger partial charge is 0.320 e. The zero-order valence-corrected chi connectivity index (χ0v) is 9.40. The molecule has 0 amide bonds. The van der Waals surface area contributed by atoms with E-state index in [1.54, 1.807) is 18.2 Å². The molecule has 0 saturated carbocycles. The summed E-state index contributed by atoms with van der Waals surface area (Å²) in [5.74, 6) is -1.27. The number of benzene rings is 1. The average molecular weight is 225 g/mol. The number of rotatable bonds is 5. The third-order valence-corrected chi connectivity index (χ3v) is 2.40. The van der Waals surface area contributed by atoms with Gasteiger partial charge in [0.15, 0.2) is 0 Å². The lowest BCUT2D eigenvalue weighted by atomic mass is 10.0. The van der Waals surface area contributed by atoms with Gasteiger partial charge >= 0.3 is 5.97 Å². The van der Waals surface area contributed by atoms with Gasteiger partial charge in [-0.1, -0.05) is 32.0 Å². The molecule has 4 heteroatoms. The minimum Gasteiger partial charge on any atom is -0.480 e. The largest absolute Gasteiger partial charge is 0.480 e. The highest BCUT2D eigenvalue weighted by Crippen LogP contribution is 2.08. The summed E-state index contributed by atoms with van der Waals surface area (Å²) >= 11 is 0. The van der Waals surface area contributed by atoms with Crippen LogP contribution in [0.3, 0.4) is 0 Å². The number of carboxylic acids is 1. The van der Waals surface area contributed by atoms with Crippen LogP contribution in [0.25, 0.3) is 0 Å². The summed E-state index contributed by atoms with van der Waals surface area (Å²) in [6.07, 6.45) is 0. The molecule has 0 radical (unpaired) electrons. The molecule has 3 nitrogen and oxygen atoms in total. The monoisotopic (exact) mass is 225 g/mol. The first-order chi connectivity index (χ1) is 7.52. The SMILES string of the molecule is CC(C)[C@@H](NCc1ccccc1F)C(=O)O. The highest BCUT2D eigenvalue weighted by atomic mass is 19.1. The Morgan fingerprint density at radius 1 is 1.44 bits per heavy atom. The lowest BCUT2D eigenvalue weighted by molar-refractivity contribution is -0.140. The van der Waals surface area contributed by atoms with Crippen molar-refractivity contribution in [1.82, 2.24) is 5.32 Å². The van der Waals surface area contributed by atoms with Crippen LogP contribution in [0.1, 0.15) is 19.4 Å². The Kier molecular flexibility index (Phi) is 4.43. The van der Waals surface area contributed by atoms with Gasteiger partial charge in [-0.15, -0.1) is 0 Å². The fraction of sp³-hybridized carbons (Fsp3) is 0.417. The molecule has 0 aliphatic heterocycles. The molecule has 0 saturated heterocycles. The molecule has 0 fully saturated rings. The maximum Gasteiger partial charge on any atom is 0.320 e. The number of hydrogen-bond acceptors (Lipinski definition) is 2. The van der Waals surface area contributed by atoms with Crippen LogP contribution < -0.4 is 5.32 Å². The van der Waals surface area contributed by atoms with Gasteiger partial charge in [0, 0.05) is 12.1 Å². The molecule has 1 atom stereocenters. The van der Waals surface area contributed by atoms with Gasteiger partial charge in [0.05, 0.1) is 0 Å². The lowest BCUT2D eigenvalue weighted by Crippen LogP contribution is -2.40. The molecule has 88 valence electrons. The third kappa shape index (κ3) is 3.31. The summed E-state index contributed by atoms with van der Waals surface area (Å²) in [5.41, 5.74) is 0.481. The number of aliphatic carboxylic acids is 1.